The zero-order valence-corrected chi connectivity index (χ0v) is 52.4. The average molecular weight is 1280 g/mol. The van der Waals surface area contributed by atoms with Crippen LogP contribution in [0.4, 0.5) is 22.7 Å². The highest BCUT2D eigenvalue weighted by Gasteiger charge is 2.35. The van der Waals surface area contributed by atoms with Crippen LogP contribution >= 0.6 is 0 Å². The Kier molecular flexibility index (Phi) is 22.1. The fourth-order valence-electron chi connectivity index (χ4n) is 10.7. The molecule has 10 rings (SSSR count). The summed E-state index contributed by atoms with van der Waals surface area (Å²) in [5, 5.41) is 40.1. The minimum absolute atomic E-state index is 0.0265. The second kappa shape index (κ2) is 30.4. The van der Waals surface area contributed by atoms with Crippen molar-refractivity contribution in [3.05, 3.63) is 189 Å². The molecule has 0 fully saturated rings. The van der Waals surface area contributed by atoms with Gasteiger partial charge in [0.1, 0.15) is 75.6 Å². The third-order valence-corrected chi connectivity index (χ3v) is 15.0. The lowest BCUT2D eigenvalue weighted by Gasteiger charge is -2.28. The summed E-state index contributed by atoms with van der Waals surface area (Å²) < 4.78 is 28.2. The first-order chi connectivity index (χ1) is 44.8. The number of aliphatic carboxylic acids is 4. The molecule has 8 N–H and O–H groups in total. The maximum absolute atomic E-state index is 13.6. The number of benzene rings is 8. The summed E-state index contributed by atoms with van der Waals surface area (Å²) in [6, 6.07) is 38.0. The highest BCUT2D eigenvalue weighted by atomic mass is 16.5. The van der Waals surface area contributed by atoms with Gasteiger partial charge in [0.25, 0.3) is 23.6 Å². The number of hydrogen-bond acceptors (Lipinski definition) is 18. The number of imide groups is 2. The largest absolute Gasteiger partial charge is 0.490 e. The lowest BCUT2D eigenvalue weighted by Crippen LogP contribution is -2.39. The van der Waals surface area contributed by atoms with Crippen LogP contribution in [0.5, 0.6) is 23.0 Å². The smallest absolute Gasteiger partial charge is 0.323 e. The van der Waals surface area contributed by atoms with Gasteiger partial charge in [0.2, 0.25) is 0 Å². The van der Waals surface area contributed by atoms with Crippen molar-refractivity contribution < 1.29 is 87.3 Å². The van der Waals surface area contributed by atoms with E-state index in [1.807, 2.05) is 57.2 Å². The van der Waals surface area contributed by atoms with Crippen molar-refractivity contribution >= 4 is 97.8 Å². The van der Waals surface area contributed by atoms with Crippen LogP contribution in [0.15, 0.2) is 133 Å². The van der Waals surface area contributed by atoms with Gasteiger partial charge in [0.05, 0.1) is 31.1 Å². The molecule has 94 heavy (non-hydrogen) atoms. The standard InChI is InChI=1S/C36H34N4O12.C30H28N2O4.C4H8O2/c1-20-5-9-26(38(16-30(41)42)17-31(43)44)28(13-20)51-11-12-52-29-14-21(6-10-27(29)39(18-32(45)46)19-33(47)48)15-40-35(49)23-4-2-3-22-25(37)8-7-24(34(22)23)36(40)50;1-18-7-8-19(2)26(15-18)35-13-14-36-27-16-21(10-9-20(27)3)17-32-29(33)23-6-4-5-22-25(31)12-11-24(28(22)23)30(32)34;1-3-6-4(2)5/h2-10,13-14H,11-12,15-19,37H2,1H3,(H,41,42)(H,43,44)(H,45,46)(H,47,48);4-12,15-16H,13-14,17,31H2,1-3H3;3H2,1-2H3. The first-order valence-electron chi connectivity index (χ1n) is 29.6. The average Bonchev–Trinajstić information content (AvgIpc) is 0.753. The van der Waals surface area contributed by atoms with Gasteiger partial charge in [0, 0.05) is 62.1 Å². The van der Waals surface area contributed by atoms with Crippen LogP contribution in [0.1, 0.15) is 88.7 Å². The number of nitrogens with two attached hydrogens (primary N) is 2. The van der Waals surface area contributed by atoms with Crippen molar-refractivity contribution in [2.75, 3.05) is 80.5 Å². The van der Waals surface area contributed by atoms with E-state index in [2.05, 4.69) is 10.8 Å². The molecule has 2 heterocycles. The van der Waals surface area contributed by atoms with E-state index >= 15 is 0 Å². The maximum atomic E-state index is 13.6. The summed E-state index contributed by atoms with van der Waals surface area (Å²) in [5.41, 5.74) is 20.2. The predicted octanol–water partition coefficient (Wildman–Crippen LogP) is 9.11. The summed E-state index contributed by atoms with van der Waals surface area (Å²) >= 11 is 0. The number of amides is 4. The Hall–Kier alpha value is -11.7. The van der Waals surface area contributed by atoms with Crippen LogP contribution in [0.3, 0.4) is 0 Å². The van der Waals surface area contributed by atoms with Crippen LogP contribution < -0.4 is 40.2 Å². The van der Waals surface area contributed by atoms with Crippen LogP contribution in [0.25, 0.3) is 21.5 Å². The molecule has 0 aliphatic carbocycles. The molecule has 0 saturated heterocycles. The topological polar surface area (TPSA) is 346 Å². The summed E-state index contributed by atoms with van der Waals surface area (Å²) in [6.07, 6.45) is 0. The number of nitrogens with zero attached hydrogens (tertiary/aromatic N) is 4. The van der Waals surface area contributed by atoms with E-state index in [4.69, 9.17) is 30.4 Å². The third kappa shape index (κ3) is 16.4. The first kappa shape index (κ1) is 68.2. The molecule has 488 valence electrons. The second-order valence-corrected chi connectivity index (χ2v) is 22.0. The lowest BCUT2D eigenvalue weighted by molar-refractivity contribution is -0.141. The number of aryl methyl sites for hydroxylation is 4. The highest BCUT2D eigenvalue weighted by molar-refractivity contribution is 6.27. The Morgan fingerprint density at radius 1 is 0.436 bits per heavy atom. The number of ether oxygens (including phenoxy) is 5. The van der Waals surface area contributed by atoms with E-state index in [-0.39, 0.29) is 67.0 Å². The van der Waals surface area contributed by atoms with Crippen molar-refractivity contribution in [3.63, 3.8) is 0 Å². The fraction of sp³-hybridized carbons (Fsp3) is 0.243. The number of rotatable bonds is 25. The zero-order valence-electron chi connectivity index (χ0n) is 52.4. The molecule has 8 aromatic carbocycles. The Balaban J connectivity index is 0.000000233. The number of nitrogen functional groups attached to an aromatic ring is 2. The van der Waals surface area contributed by atoms with E-state index in [1.165, 1.54) is 36.1 Å². The summed E-state index contributed by atoms with van der Waals surface area (Å²) in [4.78, 5) is 114. The molecule has 0 radical (unpaired) electrons. The Labute approximate surface area is 539 Å². The summed E-state index contributed by atoms with van der Waals surface area (Å²) in [5.74, 6) is -5.34. The highest BCUT2D eigenvalue weighted by Crippen LogP contribution is 2.38. The van der Waals surface area contributed by atoms with Gasteiger partial charge in [-0.25, -0.2) is 0 Å². The number of esters is 1. The molecular formula is C70H70N6O18. The molecule has 0 saturated carbocycles. The Bertz CT molecular complexity index is 4210. The van der Waals surface area contributed by atoms with Gasteiger partial charge < -0.3 is 65.4 Å². The normalized spacial score (nSPS) is 12.1. The van der Waals surface area contributed by atoms with Gasteiger partial charge in [-0.3, -0.25) is 53.0 Å². The second-order valence-electron chi connectivity index (χ2n) is 22.0. The molecule has 4 amide bonds. The minimum Gasteiger partial charge on any atom is -0.490 e. The number of anilines is 4. The molecule has 24 nitrogen and oxygen atoms in total. The van der Waals surface area contributed by atoms with E-state index in [0.717, 1.165) is 53.7 Å². The van der Waals surface area contributed by atoms with E-state index in [0.29, 0.717) is 80.9 Å². The molecule has 8 aromatic rings. The number of carboxylic acid groups (broad SMARTS) is 4. The van der Waals surface area contributed by atoms with Gasteiger partial charge in [-0.15, -0.1) is 0 Å². The number of carbonyl (C=O) groups excluding carboxylic acids is 5. The summed E-state index contributed by atoms with van der Waals surface area (Å²) in [6.45, 7) is 9.15. The Morgan fingerprint density at radius 3 is 1.18 bits per heavy atom. The monoisotopic (exact) mass is 1280 g/mol. The van der Waals surface area contributed by atoms with Crippen LogP contribution in [-0.2, 0) is 41.8 Å². The molecule has 2 aliphatic rings. The molecular weight excluding hydrogens is 1210 g/mol. The van der Waals surface area contributed by atoms with Gasteiger partial charge >= 0.3 is 29.8 Å². The molecule has 0 unspecified atom stereocenters. The maximum Gasteiger partial charge on any atom is 0.323 e. The van der Waals surface area contributed by atoms with Gasteiger partial charge in [-0.05, 0) is 141 Å². The number of carboxylic acids is 4. The predicted molar refractivity (Wildman–Crippen MR) is 349 cm³/mol. The lowest BCUT2D eigenvalue weighted by atomic mass is 9.93. The van der Waals surface area contributed by atoms with Crippen molar-refractivity contribution in [2.45, 2.75) is 54.6 Å². The minimum atomic E-state index is -1.31. The van der Waals surface area contributed by atoms with Crippen molar-refractivity contribution in [2.24, 2.45) is 0 Å². The van der Waals surface area contributed by atoms with E-state index in [1.54, 1.807) is 80.6 Å². The van der Waals surface area contributed by atoms with E-state index in [9.17, 15) is 63.6 Å². The molecule has 0 atom stereocenters. The van der Waals surface area contributed by atoms with Crippen LogP contribution in [0.2, 0.25) is 0 Å². The summed E-state index contributed by atoms with van der Waals surface area (Å²) in [7, 11) is 0. The molecule has 0 bridgehead atoms. The zero-order chi connectivity index (χ0) is 68.1. The number of hydrogen-bond donors (Lipinski definition) is 6. The van der Waals surface area contributed by atoms with Crippen molar-refractivity contribution in [1.29, 1.82) is 0 Å². The van der Waals surface area contributed by atoms with Gasteiger partial charge in [-0.1, -0.05) is 60.7 Å². The molecule has 2 aliphatic heterocycles. The number of carbonyl (C=O) groups is 9. The molecule has 0 aromatic heterocycles. The first-order valence-corrected chi connectivity index (χ1v) is 29.6. The van der Waals surface area contributed by atoms with Crippen LogP contribution in [-0.4, -0.2) is 143 Å². The molecule has 24 heteroatoms. The third-order valence-electron chi connectivity index (χ3n) is 15.0. The van der Waals surface area contributed by atoms with Gasteiger partial charge in [-0.2, -0.15) is 0 Å². The van der Waals surface area contributed by atoms with Crippen molar-refractivity contribution in [1.82, 2.24) is 9.80 Å². The molecule has 0 spiro atoms. The van der Waals surface area contributed by atoms with Gasteiger partial charge in [0.15, 0.2) is 0 Å². The van der Waals surface area contributed by atoms with Crippen LogP contribution in [0, 0.1) is 27.7 Å². The SMILES string of the molecule is CCOC(C)=O.Cc1ccc(C)c(OCCOc2cc(CN3C(=O)c4cccc5c(N)ccc(c45)C3=O)ccc2C)c1.Cc1ccc(N(CC(=O)O)CC(=O)O)c(OCCOc2cc(CN3C(=O)c4cccc5c(N)ccc(c45)C3=O)ccc2N(CC(=O)O)CC(=O)O)c1. The Morgan fingerprint density at radius 2 is 0.777 bits per heavy atom. The van der Waals surface area contributed by atoms with E-state index < -0.39 is 61.9 Å². The fourth-order valence-corrected chi connectivity index (χ4v) is 10.7. The van der Waals surface area contributed by atoms with Crippen molar-refractivity contribution in [3.8, 4) is 23.0 Å². The quantitative estimate of drug-likeness (QED) is 0.0134.